The second-order valence-electron chi connectivity index (χ2n) is 7.49. The molecule has 1 saturated carbocycles. The van der Waals surface area contributed by atoms with E-state index in [-0.39, 0.29) is 29.9 Å². The Morgan fingerprint density at radius 1 is 1.21 bits per heavy atom. The predicted octanol–water partition coefficient (Wildman–Crippen LogP) is 3.03. The molecule has 1 aromatic carbocycles. The van der Waals surface area contributed by atoms with Crippen LogP contribution in [0.1, 0.15) is 54.9 Å². The van der Waals surface area contributed by atoms with Gasteiger partial charge in [-0.25, -0.2) is 0 Å². The quantitative estimate of drug-likeness (QED) is 0.269. The van der Waals surface area contributed by atoms with Crippen molar-refractivity contribution in [2.24, 2.45) is 4.99 Å². The smallest absolute Gasteiger partial charge is 0.251 e. The summed E-state index contributed by atoms with van der Waals surface area (Å²) in [4.78, 5) is 19.0. The molecule has 0 aliphatic heterocycles. The van der Waals surface area contributed by atoms with Gasteiger partial charge in [0.1, 0.15) is 0 Å². The lowest BCUT2D eigenvalue weighted by Crippen LogP contribution is -2.39. The number of hydrogen-bond donors (Lipinski definition) is 3. The molecule has 0 bridgehead atoms. The van der Waals surface area contributed by atoms with E-state index >= 15 is 0 Å². The zero-order valence-corrected chi connectivity index (χ0v) is 20.5. The maximum atomic E-state index is 11.8. The molecule has 1 aliphatic rings. The molecule has 1 aliphatic carbocycles. The van der Waals surface area contributed by atoms with E-state index in [1.807, 2.05) is 18.2 Å². The van der Waals surface area contributed by atoms with E-state index < -0.39 is 0 Å². The van der Waals surface area contributed by atoms with E-state index in [9.17, 15) is 4.79 Å². The van der Waals surface area contributed by atoms with Gasteiger partial charge in [-0.15, -0.1) is 24.0 Å². The molecule has 0 atom stereocenters. The van der Waals surface area contributed by atoms with Crippen LogP contribution in [-0.4, -0.2) is 63.1 Å². The lowest BCUT2D eigenvalue weighted by molar-refractivity contribution is 0.0963. The minimum absolute atomic E-state index is 0. The van der Waals surface area contributed by atoms with Gasteiger partial charge < -0.3 is 20.9 Å². The van der Waals surface area contributed by atoms with Gasteiger partial charge in [0.25, 0.3) is 5.91 Å². The van der Waals surface area contributed by atoms with Crippen LogP contribution in [0.5, 0.6) is 0 Å². The number of nitrogens with one attached hydrogen (secondary N) is 3. The maximum Gasteiger partial charge on any atom is 0.251 e. The molecule has 0 spiro atoms. The van der Waals surface area contributed by atoms with Gasteiger partial charge in [-0.2, -0.15) is 0 Å². The molecule has 7 heteroatoms. The molecular weight excluding hydrogens is 477 g/mol. The average molecular weight is 515 g/mol. The van der Waals surface area contributed by atoms with Crippen molar-refractivity contribution >= 4 is 35.8 Å². The van der Waals surface area contributed by atoms with Crippen LogP contribution in [0, 0.1) is 0 Å². The number of hydrogen-bond acceptors (Lipinski definition) is 3. The zero-order valence-electron chi connectivity index (χ0n) is 18.2. The first-order chi connectivity index (χ1) is 13.6. The van der Waals surface area contributed by atoms with Gasteiger partial charge in [-0.05, 0) is 50.9 Å². The van der Waals surface area contributed by atoms with Gasteiger partial charge in [0.05, 0.1) is 6.54 Å². The van der Waals surface area contributed by atoms with Crippen LogP contribution in [0.15, 0.2) is 29.3 Å². The van der Waals surface area contributed by atoms with Gasteiger partial charge in [0.2, 0.25) is 0 Å². The van der Waals surface area contributed by atoms with E-state index in [1.165, 1.54) is 32.1 Å². The lowest BCUT2D eigenvalue weighted by atomic mass is 9.94. The fourth-order valence-electron chi connectivity index (χ4n) is 3.70. The molecule has 0 saturated heterocycles. The Balaban J connectivity index is 0.00000420. The van der Waals surface area contributed by atoms with Crippen LogP contribution in [-0.2, 0) is 6.42 Å². The summed E-state index contributed by atoms with van der Waals surface area (Å²) in [5.41, 5.74) is 1.84. The Bertz CT molecular complexity index is 631. The first-order valence-corrected chi connectivity index (χ1v) is 10.7. The number of aliphatic imine (C=N–C) groups is 1. The number of benzene rings is 1. The van der Waals surface area contributed by atoms with E-state index in [1.54, 1.807) is 7.05 Å². The molecular formula is C22H38IN5O. The second kappa shape index (κ2) is 14.6. The molecule has 164 valence electrons. The van der Waals surface area contributed by atoms with Gasteiger partial charge in [0, 0.05) is 38.3 Å². The van der Waals surface area contributed by atoms with Crippen molar-refractivity contribution in [3.05, 3.63) is 35.4 Å². The van der Waals surface area contributed by atoms with Crippen molar-refractivity contribution in [3.63, 3.8) is 0 Å². The molecule has 0 unspecified atom stereocenters. The third-order valence-electron chi connectivity index (χ3n) is 5.39. The van der Waals surface area contributed by atoms with Gasteiger partial charge in [-0.1, -0.05) is 31.4 Å². The first-order valence-electron chi connectivity index (χ1n) is 10.7. The number of carbonyl (C=O) groups excluding carboxylic acids is 1. The van der Waals surface area contributed by atoms with E-state index in [2.05, 4.69) is 40.9 Å². The largest absolute Gasteiger partial charge is 0.357 e. The van der Waals surface area contributed by atoms with Crippen LogP contribution in [0.25, 0.3) is 0 Å². The number of rotatable bonds is 9. The molecule has 1 aromatic rings. The van der Waals surface area contributed by atoms with Crippen molar-refractivity contribution in [1.29, 1.82) is 0 Å². The van der Waals surface area contributed by atoms with Crippen molar-refractivity contribution in [2.45, 2.75) is 51.5 Å². The normalized spacial score (nSPS) is 15.0. The van der Waals surface area contributed by atoms with Crippen LogP contribution in [0.4, 0.5) is 0 Å². The molecule has 6 nitrogen and oxygen atoms in total. The van der Waals surface area contributed by atoms with Crippen molar-refractivity contribution < 1.29 is 4.79 Å². The standard InChI is InChI=1S/C22H37N5O.HI/c1-4-24-22(26-15-16-27(3)20-11-6-5-7-12-20)25-14-13-18-9-8-10-19(17-18)21(28)23-2;/h8-10,17,20H,4-7,11-16H2,1-3H3,(H,23,28)(H2,24,25,26);1H. The fraction of sp³-hybridized carbons (Fsp3) is 0.636. The third-order valence-corrected chi connectivity index (χ3v) is 5.39. The summed E-state index contributed by atoms with van der Waals surface area (Å²) in [6, 6.07) is 8.50. The Kier molecular flexibility index (Phi) is 12.9. The SMILES string of the molecule is CCNC(=NCCN(C)C1CCCCC1)NCCc1cccc(C(=O)NC)c1.I. The molecule has 29 heavy (non-hydrogen) atoms. The minimum Gasteiger partial charge on any atom is -0.357 e. The zero-order chi connectivity index (χ0) is 20.2. The summed E-state index contributed by atoms with van der Waals surface area (Å²) in [6.45, 7) is 5.50. The number of amides is 1. The second-order valence-corrected chi connectivity index (χ2v) is 7.49. The molecule has 0 radical (unpaired) electrons. The molecule has 1 fully saturated rings. The monoisotopic (exact) mass is 515 g/mol. The highest BCUT2D eigenvalue weighted by Gasteiger charge is 2.17. The highest BCUT2D eigenvalue weighted by Crippen LogP contribution is 2.21. The van der Waals surface area contributed by atoms with Crippen LogP contribution >= 0.6 is 24.0 Å². The average Bonchev–Trinajstić information content (AvgIpc) is 2.74. The van der Waals surface area contributed by atoms with E-state index in [4.69, 9.17) is 4.99 Å². The van der Waals surface area contributed by atoms with Crippen LogP contribution < -0.4 is 16.0 Å². The Labute approximate surface area is 193 Å². The highest BCUT2D eigenvalue weighted by molar-refractivity contribution is 14.0. The fourth-order valence-corrected chi connectivity index (χ4v) is 3.70. The number of guanidine groups is 1. The number of likely N-dealkylation sites (N-methyl/N-ethyl adjacent to an activating group) is 1. The summed E-state index contributed by atoms with van der Waals surface area (Å²) in [5.74, 6) is 0.814. The Morgan fingerprint density at radius 3 is 2.66 bits per heavy atom. The van der Waals surface area contributed by atoms with Crippen molar-refractivity contribution in [3.8, 4) is 0 Å². The minimum atomic E-state index is -0.0493. The van der Waals surface area contributed by atoms with Gasteiger partial charge in [-0.3, -0.25) is 9.79 Å². The van der Waals surface area contributed by atoms with E-state index in [0.717, 1.165) is 50.2 Å². The molecule has 3 N–H and O–H groups in total. The van der Waals surface area contributed by atoms with E-state index in [0.29, 0.717) is 5.56 Å². The topological polar surface area (TPSA) is 68.8 Å². The third kappa shape index (κ3) is 9.33. The van der Waals surface area contributed by atoms with Crippen LogP contribution in [0.3, 0.4) is 0 Å². The first kappa shape index (κ1) is 25.7. The molecule has 0 aromatic heterocycles. The number of nitrogens with zero attached hydrogens (tertiary/aromatic N) is 2. The summed E-state index contributed by atoms with van der Waals surface area (Å²) < 4.78 is 0. The van der Waals surface area contributed by atoms with Gasteiger partial charge in [0.15, 0.2) is 5.96 Å². The highest BCUT2D eigenvalue weighted by atomic mass is 127. The number of halogens is 1. The molecule has 1 amide bonds. The Morgan fingerprint density at radius 2 is 1.97 bits per heavy atom. The summed E-state index contributed by atoms with van der Waals surface area (Å²) >= 11 is 0. The van der Waals surface area contributed by atoms with Gasteiger partial charge >= 0.3 is 0 Å². The number of carbonyl (C=O) groups is 1. The summed E-state index contributed by atoms with van der Waals surface area (Å²) in [7, 11) is 3.88. The van der Waals surface area contributed by atoms with Crippen LogP contribution in [0.2, 0.25) is 0 Å². The maximum absolute atomic E-state index is 11.8. The lowest BCUT2D eigenvalue weighted by Gasteiger charge is -2.30. The Hall–Kier alpha value is -1.35. The molecule has 0 heterocycles. The summed E-state index contributed by atoms with van der Waals surface area (Å²) in [6.07, 6.45) is 7.62. The van der Waals surface area contributed by atoms with Crippen molar-refractivity contribution in [2.75, 3.05) is 40.3 Å². The predicted molar refractivity (Wildman–Crippen MR) is 132 cm³/mol. The summed E-state index contributed by atoms with van der Waals surface area (Å²) in [5, 5.41) is 9.39. The van der Waals surface area contributed by atoms with Crippen molar-refractivity contribution in [1.82, 2.24) is 20.9 Å². The molecule has 2 rings (SSSR count).